The van der Waals surface area contributed by atoms with Gasteiger partial charge in [-0.2, -0.15) is 23.4 Å². The fraction of sp³-hybridized carbons (Fsp3) is 0.250. The minimum Gasteiger partial charge on any atom is -0.337 e. The van der Waals surface area contributed by atoms with Crippen LogP contribution in [-0.2, 0) is 22.3 Å². The average molecular weight is 588 g/mol. The molecule has 212 valence electrons. The van der Waals surface area contributed by atoms with Gasteiger partial charge in [0.1, 0.15) is 18.8 Å². The molecule has 0 spiro atoms. The van der Waals surface area contributed by atoms with E-state index in [4.69, 9.17) is 11.6 Å². The second-order valence-corrected chi connectivity index (χ2v) is 10.0. The molecule has 5 rings (SSSR count). The highest BCUT2D eigenvalue weighted by atomic mass is 35.5. The molecule has 2 aromatic heterocycles. The first kappa shape index (κ1) is 28.2. The number of carbonyl (C=O) groups excluding carboxylic acids is 3. The van der Waals surface area contributed by atoms with E-state index in [1.807, 2.05) is 0 Å². The van der Waals surface area contributed by atoms with Gasteiger partial charge in [-0.05, 0) is 36.8 Å². The summed E-state index contributed by atoms with van der Waals surface area (Å²) in [6, 6.07) is 8.95. The maximum absolute atomic E-state index is 14.5. The lowest BCUT2D eigenvalue weighted by Crippen LogP contribution is -2.44. The SMILES string of the molecule is CC(=O)c1cn(CC(=O)N2C[C@H](F)C[C@H]2C(=O)Nc2cccc(Cl)c2C(F)(F)F)c2cccc(-c3ccnnc3)c12. The third-order valence-electron chi connectivity index (χ3n) is 6.91. The molecule has 0 saturated carbocycles. The Kier molecular flexibility index (Phi) is 7.52. The molecule has 2 amide bonds. The largest absolute Gasteiger partial charge is 0.419 e. The highest BCUT2D eigenvalue weighted by Gasteiger charge is 2.42. The summed E-state index contributed by atoms with van der Waals surface area (Å²) >= 11 is 5.74. The van der Waals surface area contributed by atoms with E-state index in [0.717, 1.165) is 17.0 Å². The van der Waals surface area contributed by atoms with Gasteiger partial charge in [0.15, 0.2) is 5.78 Å². The molecular formula is C28H22ClF4N5O3. The van der Waals surface area contributed by atoms with E-state index in [1.165, 1.54) is 30.0 Å². The monoisotopic (exact) mass is 587 g/mol. The summed E-state index contributed by atoms with van der Waals surface area (Å²) in [6.45, 7) is 0.636. The minimum absolute atomic E-state index is 0.250. The number of carbonyl (C=O) groups is 3. The third kappa shape index (κ3) is 5.51. The number of benzene rings is 2. The Bertz CT molecular complexity index is 1660. The second kappa shape index (κ2) is 10.9. The van der Waals surface area contributed by atoms with Crippen LogP contribution < -0.4 is 5.32 Å². The summed E-state index contributed by atoms with van der Waals surface area (Å²) in [5, 5.41) is 9.81. The van der Waals surface area contributed by atoms with Crippen LogP contribution in [0.4, 0.5) is 23.2 Å². The Labute approximate surface area is 235 Å². The molecule has 0 aliphatic carbocycles. The van der Waals surface area contributed by atoms with Gasteiger partial charge in [-0.15, -0.1) is 0 Å². The fourth-order valence-electron chi connectivity index (χ4n) is 5.12. The predicted octanol–water partition coefficient (Wildman–Crippen LogP) is 5.55. The van der Waals surface area contributed by atoms with Crippen molar-refractivity contribution in [2.75, 3.05) is 11.9 Å². The van der Waals surface area contributed by atoms with Crippen LogP contribution in [0.1, 0.15) is 29.3 Å². The molecule has 1 N–H and O–H groups in total. The molecule has 13 heteroatoms. The smallest absolute Gasteiger partial charge is 0.337 e. The van der Waals surface area contributed by atoms with Crippen molar-refractivity contribution in [1.29, 1.82) is 0 Å². The first-order chi connectivity index (χ1) is 19.5. The molecule has 4 aromatic rings. The molecule has 41 heavy (non-hydrogen) atoms. The van der Waals surface area contributed by atoms with Crippen LogP contribution in [0.3, 0.4) is 0 Å². The maximum atomic E-state index is 14.5. The summed E-state index contributed by atoms with van der Waals surface area (Å²) in [6.07, 6.45) is -2.23. The maximum Gasteiger partial charge on any atom is 0.419 e. The number of nitrogens with one attached hydrogen (secondary N) is 1. The van der Waals surface area contributed by atoms with Gasteiger partial charge in [0.2, 0.25) is 11.8 Å². The molecule has 1 aliphatic rings. The van der Waals surface area contributed by atoms with Gasteiger partial charge in [-0.3, -0.25) is 14.4 Å². The van der Waals surface area contributed by atoms with Crippen LogP contribution in [0.2, 0.25) is 5.02 Å². The Morgan fingerprint density at radius 2 is 1.85 bits per heavy atom. The summed E-state index contributed by atoms with van der Waals surface area (Å²) in [5.74, 6) is -1.86. The highest BCUT2D eigenvalue weighted by Crippen LogP contribution is 2.40. The van der Waals surface area contributed by atoms with Crippen molar-refractivity contribution in [1.82, 2.24) is 19.7 Å². The van der Waals surface area contributed by atoms with E-state index in [2.05, 4.69) is 15.5 Å². The van der Waals surface area contributed by atoms with Crippen molar-refractivity contribution >= 4 is 45.8 Å². The third-order valence-corrected chi connectivity index (χ3v) is 7.23. The van der Waals surface area contributed by atoms with E-state index < -0.39 is 53.0 Å². The van der Waals surface area contributed by atoms with Crippen LogP contribution in [0.25, 0.3) is 22.0 Å². The Balaban J connectivity index is 1.45. The van der Waals surface area contributed by atoms with Gasteiger partial charge in [0.25, 0.3) is 0 Å². The van der Waals surface area contributed by atoms with Crippen LogP contribution in [0, 0.1) is 0 Å². The number of ketones is 1. The van der Waals surface area contributed by atoms with Gasteiger partial charge < -0.3 is 14.8 Å². The van der Waals surface area contributed by atoms with E-state index in [1.54, 1.807) is 30.5 Å². The van der Waals surface area contributed by atoms with Crippen LogP contribution in [0.5, 0.6) is 0 Å². The Morgan fingerprint density at radius 3 is 2.54 bits per heavy atom. The zero-order valence-corrected chi connectivity index (χ0v) is 22.2. The number of fused-ring (bicyclic) bond motifs is 1. The number of amides is 2. The van der Waals surface area contributed by atoms with Gasteiger partial charge >= 0.3 is 6.18 Å². The predicted molar refractivity (Wildman–Crippen MR) is 143 cm³/mol. The topological polar surface area (TPSA) is 97.2 Å². The lowest BCUT2D eigenvalue weighted by atomic mass is 9.99. The van der Waals surface area contributed by atoms with Crippen LogP contribution in [-0.4, -0.2) is 56.0 Å². The minimum atomic E-state index is -4.86. The number of hydrogen-bond acceptors (Lipinski definition) is 5. The summed E-state index contributed by atoms with van der Waals surface area (Å²) in [5.41, 5.74) is 0.457. The average Bonchev–Trinajstić information content (AvgIpc) is 3.49. The number of alkyl halides is 4. The first-order valence-electron chi connectivity index (χ1n) is 12.5. The number of likely N-dealkylation sites (tertiary alicyclic amines) is 1. The number of Topliss-reactive ketones (excluding diaryl/α,β-unsaturated/α-hetero) is 1. The van der Waals surface area contributed by atoms with Crippen LogP contribution >= 0.6 is 11.6 Å². The number of aromatic nitrogens is 3. The Morgan fingerprint density at radius 1 is 1.10 bits per heavy atom. The van der Waals surface area contributed by atoms with Crippen molar-refractivity contribution in [2.24, 2.45) is 0 Å². The summed E-state index contributed by atoms with van der Waals surface area (Å²) in [4.78, 5) is 40.1. The number of anilines is 1. The zero-order chi connectivity index (χ0) is 29.5. The summed E-state index contributed by atoms with van der Waals surface area (Å²) < 4.78 is 56.8. The molecule has 0 bridgehead atoms. The standard InChI is InChI=1S/C28H22ClF4N5O3/c1-15(39)19-13-37(22-7-2-4-18(25(19)22)16-8-9-34-35-11-16)14-24(40)38-12-17(30)10-23(38)27(41)36-21-6-3-5-20(29)26(21)28(31,32)33/h2-9,11,13,17,23H,10,12,14H2,1H3,(H,36,41)/t17-,23+/m1/s1. The van der Waals surface area contributed by atoms with Gasteiger partial charge in [0, 0.05) is 34.6 Å². The molecule has 0 unspecified atom stereocenters. The lowest BCUT2D eigenvalue weighted by Gasteiger charge is -2.25. The molecule has 1 saturated heterocycles. The molecule has 0 radical (unpaired) electrons. The first-order valence-corrected chi connectivity index (χ1v) is 12.8. The number of hydrogen-bond donors (Lipinski definition) is 1. The van der Waals surface area contributed by atoms with Crippen molar-refractivity contribution in [2.45, 2.75) is 38.3 Å². The zero-order valence-electron chi connectivity index (χ0n) is 21.5. The van der Waals surface area contributed by atoms with E-state index in [9.17, 15) is 31.9 Å². The molecule has 3 heterocycles. The van der Waals surface area contributed by atoms with Gasteiger partial charge in [-0.25, -0.2) is 4.39 Å². The number of halogens is 5. The lowest BCUT2D eigenvalue weighted by molar-refractivity contribution is -0.138. The van der Waals surface area contributed by atoms with E-state index >= 15 is 0 Å². The van der Waals surface area contributed by atoms with Crippen molar-refractivity contribution < 1.29 is 31.9 Å². The molecular weight excluding hydrogens is 566 g/mol. The molecule has 2 aromatic carbocycles. The van der Waals surface area contributed by atoms with E-state index in [0.29, 0.717) is 27.6 Å². The fourth-order valence-corrected chi connectivity index (χ4v) is 5.40. The number of rotatable bonds is 6. The van der Waals surface area contributed by atoms with Crippen LogP contribution in [0.15, 0.2) is 61.1 Å². The van der Waals surface area contributed by atoms with Crippen molar-refractivity contribution in [3.8, 4) is 11.1 Å². The second-order valence-electron chi connectivity index (χ2n) is 9.60. The van der Waals surface area contributed by atoms with Gasteiger partial charge in [-0.1, -0.05) is 29.8 Å². The number of nitrogens with zero attached hydrogens (tertiary/aromatic N) is 4. The molecule has 1 aliphatic heterocycles. The van der Waals surface area contributed by atoms with Gasteiger partial charge in [0.05, 0.1) is 35.2 Å². The van der Waals surface area contributed by atoms with Crippen molar-refractivity contribution in [3.05, 3.63) is 77.2 Å². The Hall–Kier alpha value is -4.32. The highest BCUT2D eigenvalue weighted by molar-refractivity contribution is 6.32. The van der Waals surface area contributed by atoms with Crippen molar-refractivity contribution in [3.63, 3.8) is 0 Å². The van der Waals surface area contributed by atoms with E-state index in [-0.39, 0.29) is 18.7 Å². The quantitative estimate of drug-likeness (QED) is 0.236. The molecule has 2 atom stereocenters. The normalized spacial score (nSPS) is 17.2. The summed E-state index contributed by atoms with van der Waals surface area (Å²) in [7, 11) is 0. The molecule has 8 nitrogen and oxygen atoms in total. The molecule has 1 fully saturated rings.